The SMILES string of the molecule is O=C(O)C1CC12CCN(C(=O)Cc1ccon1)CC2. The normalized spacial score (nSPS) is 24.4. The van der Waals surface area contributed by atoms with Crippen LogP contribution in [0.5, 0.6) is 0 Å². The van der Waals surface area contributed by atoms with Crippen molar-refractivity contribution in [2.45, 2.75) is 25.7 Å². The van der Waals surface area contributed by atoms with E-state index >= 15 is 0 Å². The van der Waals surface area contributed by atoms with E-state index in [9.17, 15) is 9.59 Å². The van der Waals surface area contributed by atoms with Gasteiger partial charge < -0.3 is 14.5 Å². The highest BCUT2D eigenvalue weighted by molar-refractivity contribution is 5.79. The van der Waals surface area contributed by atoms with Gasteiger partial charge in [0.1, 0.15) is 6.26 Å². The molecular formula is C13H16N2O4. The van der Waals surface area contributed by atoms with Crippen LogP contribution in [0.15, 0.2) is 16.9 Å². The van der Waals surface area contributed by atoms with E-state index in [1.165, 1.54) is 6.26 Å². The van der Waals surface area contributed by atoms with E-state index < -0.39 is 5.97 Å². The van der Waals surface area contributed by atoms with Crippen molar-refractivity contribution in [3.05, 3.63) is 18.0 Å². The van der Waals surface area contributed by atoms with E-state index in [2.05, 4.69) is 5.16 Å². The summed E-state index contributed by atoms with van der Waals surface area (Å²) in [5.41, 5.74) is 0.608. The van der Waals surface area contributed by atoms with Gasteiger partial charge >= 0.3 is 5.97 Å². The predicted octanol–water partition coefficient (Wildman–Crippen LogP) is 0.930. The molecule has 1 saturated carbocycles. The summed E-state index contributed by atoms with van der Waals surface area (Å²) in [4.78, 5) is 24.8. The molecule has 1 spiro atoms. The number of amides is 1. The van der Waals surface area contributed by atoms with Crippen LogP contribution >= 0.6 is 0 Å². The fraction of sp³-hybridized carbons (Fsp3) is 0.615. The summed E-state index contributed by atoms with van der Waals surface area (Å²) in [6.07, 6.45) is 4.08. The van der Waals surface area contributed by atoms with Crippen molar-refractivity contribution in [3.8, 4) is 0 Å². The van der Waals surface area contributed by atoms with Crippen molar-refractivity contribution in [3.63, 3.8) is 0 Å². The number of likely N-dealkylation sites (tertiary alicyclic amines) is 1. The Morgan fingerprint density at radius 2 is 2.21 bits per heavy atom. The number of hydrogen-bond donors (Lipinski definition) is 1. The predicted molar refractivity (Wildman–Crippen MR) is 64.2 cm³/mol. The summed E-state index contributed by atoms with van der Waals surface area (Å²) >= 11 is 0. The van der Waals surface area contributed by atoms with Crippen molar-refractivity contribution in [2.75, 3.05) is 13.1 Å². The van der Waals surface area contributed by atoms with Crippen LogP contribution < -0.4 is 0 Å². The third-order valence-electron chi connectivity index (χ3n) is 4.42. The highest BCUT2D eigenvalue weighted by Gasteiger charge is 2.59. The van der Waals surface area contributed by atoms with E-state index in [0.717, 1.165) is 19.3 Å². The van der Waals surface area contributed by atoms with E-state index in [-0.39, 0.29) is 23.7 Å². The third kappa shape index (κ3) is 2.22. The molecule has 6 nitrogen and oxygen atoms in total. The van der Waals surface area contributed by atoms with Gasteiger partial charge in [0.2, 0.25) is 5.91 Å². The number of carboxylic acid groups (broad SMARTS) is 1. The maximum absolute atomic E-state index is 12.0. The van der Waals surface area contributed by atoms with Crippen LogP contribution in [-0.4, -0.2) is 40.1 Å². The smallest absolute Gasteiger partial charge is 0.307 e. The van der Waals surface area contributed by atoms with Gasteiger partial charge in [0.25, 0.3) is 0 Å². The van der Waals surface area contributed by atoms with E-state index in [0.29, 0.717) is 18.8 Å². The minimum atomic E-state index is -0.692. The number of carbonyl (C=O) groups excluding carboxylic acids is 1. The van der Waals surface area contributed by atoms with Crippen LogP contribution in [0.1, 0.15) is 25.0 Å². The molecule has 19 heavy (non-hydrogen) atoms. The molecule has 6 heteroatoms. The summed E-state index contributed by atoms with van der Waals surface area (Å²) < 4.78 is 4.70. The van der Waals surface area contributed by atoms with E-state index in [4.69, 9.17) is 9.63 Å². The first-order valence-corrected chi connectivity index (χ1v) is 6.51. The lowest BCUT2D eigenvalue weighted by Gasteiger charge is -2.32. The molecule has 0 radical (unpaired) electrons. The van der Waals surface area contributed by atoms with Crippen molar-refractivity contribution < 1.29 is 19.2 Å². The van der Waals surface area contributed by atoms with Crippen molar-refractivity contribution in [2.24, 2.45) is 11.3 Å². The number of carboxylic acids is 1. The van der Waals surface area contributed by atoms with Crippen LogP contribution in [0.4, 0.5) is 0 Å². The Balaban J connectivity index is 1.53. The minimum Gasteiger partial charge on any atom is -0.481 e. The molecule has 1 atom stereocenters. The average Bonchev–Trinajstić information content (AvgIpc) is 2.84. The molecule has 1 aliphatic heterocycles. The zero-order chi connectivity index (χ0) is 13.5. The molecule has 0 bridgehead atoms. The number of rotatable bonds is 3. The van der Waals surface area contributed by atoms with Gasteiger partial charge in [0.15, 0.2) is 0 Å². The van der Waals surface area contributed by atoms with Gasteiger partial charge in [-0.1, -0.05) is 5.16 Å². The summed E-state index contributed by atoms with van der Waals surface area (Å²) in [5, 5.41) is 12.7. The van der Waals surface area contributed by atoms with Crippen LogP contribution in [-0.2, 0) is 16.0 Å². The van der Waals surface area contributed by atoms with Gasteiger partial charge in [-0.2, -0.15) is 0 Å². The Labute approximate surface area is 110 Å². The second-order valence-electron chi connectivity index (χ2n) is 5.51. The first kappa shape index (κ1) is 12.2. The van der Waals surface area contributed by atoms with Gasteiger partial charge in [-0.15, -0.1) is 0 Å². The van der Waals surface area contributed by atoms with Crippen LogP contribution in [0.3, 0.4) is 0 Å². The topological polar surface area (TPSA) is 83.6 Å². The molecule has 1 saturated heterocycles. The van der Waals surface area contributed by atoms with Gasteiger partial charge in [-0.3, -0.25) is 9.59 Å². The van der Waals surface area contributed by atoms with Crippen molar-refractivity contribution in [1.29, 1.82) is 0 Å². The Kier molecular flexibility index (Phi) is 2.80. The monoisotopic (exact) mass is 264 g/mol. The molecule has 1 aromatic heterocycles. The van der Waals surface area contributed by atoms with E-state index in [1.807, 2.05) is 0 Å². The molecule has 1 amide bonds. The first-order valence-electron chi connectivity index (χ1n) is 6.51. The highest BCUT2D eigenvalue weighted by atomic mass is 16.5. The zero-order valence-electron chi connectivity index (χ0n) is 10.5. The molecule has 2 aliphatic rings. The van der Waals surface area contributed by atoms with Crippen molar-refractivity contribution in [1.82, 2.24) is 10.1 Å². The zero-order valence-corrected chi connectivity index (χ0v) is 10.5. The quantitative estimate of drug-likeness (QED) is 0.878. The van der Waals surface area contributed by atoms with Gasteiger partial charge in [-0.05, 0) is 24.7 Å². The lowest BCUT2D eigenvalue weighted by molar-refractivity contribution is -0.139. The minimum absolute atomic E-state index is 0.0312. The maximum atomic E-state index is 12.0. The highest BCUT2D eigenvalue weighted by Crippen LogP contribution is 2.59. The number of aliphatic carboxylic acids is 1. The van der Waals surface area contributed by atoms with Crippen molar-refractivity contribution >= 4 is 11.9 Å². The van der Waals surface area contributed by atoms with Crippen LogP contribution in [0.25, 0.3) is 0 Å². The van der Waals surface area contributed by atoms with E-state index in [1.54, 1.807) is 11.0 Å². The number of hydrogen-bond acceptors (Lipinski definition) is 4. The maximum Gasteiger partial charge on any atom is 0.307 e. The Morgan fingerprint density at radius 1 is 1.47 bits per heavy atom. The number of nitrogens with zero attached hydrogens (tertiary/aromatic N) is 2. The fourth-order valence-corrected chi connectivity index (χ4v) is 3.05. The summed E-state index contributed by atoms with van der Waals surface area (Å²) in [6, 6.07) is 1.69. The Morgan fingerprint density at radius 3 is 2.74 bits per heavy atom. The molecule has 1 unspecified atom stereocenters. The average molecular weight is 264 g/mol. The summed E-state index contributed by atoms with van der Waals surface area (Å²) in [5.74, 6) is -0.848. The van der Waals surface area contributed by atoms with Crippen LogP contribution in [0.2, 0.25) is 0 Å². The molecule has 1 aliphatic carbocycles. The molecule has 2 fully saturated rings. The molecule has 3 rings (SSSR count). The first-order chi connectivity index (χ1) is 9.11. The largest absolute Gasteiger partial charge is 0.481 e. The van der Waals surface area contributed by atoms with Gasteiger partial charge in [0, 0.05) is 19.2 Å². The fourth-order valence-electron chi connectivity index (χ4n) is 3.05. The summed E-state index contributed by atoms with van der Waals surface area (Å²) in [6.45, 7) is 1.31. The number of piperidine rings is 1. The number of carbonyl (C=O) groups is 2. The second kappa shape index (κ2) is 4.36. The Hall–Kier alpha value is -1.85. The third-order valence-corrected chi connectivity index (χ3v) is 4.42. The molecule has 102 valence electrons. The lowest BCUT2D eigenvalue weighted by Crippen LogP contribution is -2.40. The van der Waals surface area contributed by atoms with Gasteiger partial charge in [0.05, 0.1) is 18.0 Å². The number of aromatic nitrogens is 1. The molecule has 2 heterocycles. The standard InChI is InChI=1S/C13H16N2O4/c16-11(7-9-1-6-19-14-9)15-4-2-13(3-5-15)8-10(13)12(17)18/h1,6,10H,2-5,7-8H2,(H,17,18). The van der Waals surface area contributed by atoms with Gasteiger partial charge in [-0.25, -0.2) is 0 Å². The summed E-state index contributed by atoms with van der Waals surface area (Å²) in [7, 11) is 0. The van der Waals surface area contributed by atoms with Crippen LogP contribution in [0, 0.1) is 11.3 Å². The lowest BCUT2D eigenvalue weighted by atomic mass is 9.90. The molecule has 1 aromatic rings. The molecular weight excluding hydrogens is 248 g/mol. The second-order valence-corrected chi connectivity index (χ2v) is 5.51. The molecule has 1 N–H and O–H groups in total. The Bertz CT molecular complexity index is 489. The molecule has 0 aromatic carbocycles.